The van der Waals surface area contributed by atoms with Crippen LogP contribution >= 0.6 is 0 Å². The average molecular weight is 231 g/mol. The van der Waals surface area contributed by atoms with Gasteiger partial charge in [0, 0.05) is 13.2 Å². The topological polar surface area (TPSA) is 60.2 Å². The van der Waals surface area contributed by atoms with Crippen molar-refractivity contribution >= 4 is 5.69 Å². The molecule has 2 atom stereocenters. The summed E-state index contributed by atoms with van der Waals surface area (Å²) in [5, 5.41) is 19.1. The molecular formula is C13H17N3O. The summed E-state index contributed by atoms with van der Waals surface area (Å²) in [7, 11) is 1.93. The predicted octanol–water partition coefficient (Wildman–Crippen LogP) is 1.69. The first-order chi connectivity index (χ1) is 8.24. The van der Waals surface area contributed by atoms with E-state index in [-0.39, 0.29) is 12.1 Å². The van der Waals surface area contributed by atoms with E-state index in [0.717, 1.165) is 31.4 Å². The van der Waals surface area contributed by atoms with Crippen molar-refractivity contribution in [2.45, 2.75) is 37.8 Å². The van der Waals surface area contributed by atoms with Crippen LogP contribution in [0.2, 0.25) is 0 Å². The molecule has 0 radical (unpaired) electrons. The standard InChI is InChI=1S/C13H17N3O/c1-16(11-4-2-3-5-13(11)17)12-9-15-7-6-10(12)8-14/h6-7,9,11,13,17H,2-5H2,1H3. The number of nitrogens with zero attached hydrogens (tertiary/aromatic N) is 3. The molecule has 0 amide bonds. The van der Waals surface area contributed by atoms with E-state index in [9.17, 15) is 5.11 Å². The highest BCUT2D eigenvalue weighted by Crippen LogP contribution is 2.27. The molecule has 1 fully saturated rings. The molecule has 1 aromatic heterocycles. The summed E-state index contributed by atoms with van der Waals surface area (Å²) in [6, 6.07) is 3.97. The van der Waals surface area contributed by atoms with Crippen molar-refractivity contribution in [3.63, 3.8) is 0 Å². The zero-order valence-corrected chi connectivity index (χ0v) is 10.0. The maximum absolute atomic E-state index is 10.0. The lowest BCUT2D eigenvalue weighted by Crippen LogP contribution is -2.43. The number of hydrogen-bond donors (Lipinski definition) is 1. The minimum atomic E-state index is -0.305. The Morgan fingerprint density at radius 1 is 1.47 bits per heavy atom. The smallest absolute Gasteiger partial charge is 0.101 e. The van der Waals surface area contributed by atoms with Crippen molar-refractivity contribution in [2.75, 3.05) is 11.9 Å². The van der Waals surface area contributed by atoms with E-state index in [1.54, 1.807) is 18.5 Å². The molecule has 1 heterocycles. The Labute approximate surface area is 102 Å². The predicted molar refractivity (Wildman–Crippen MR) is 65.6 cm³/mol. The quantitative estimate of drug-likeness (QED) is 0.841. The molecule has 1 aliphatic rings. The summed E-state index contributed by atoms with van der Waals surface area (Å²) in [4.78, 5) is 6.06. The van der Waals surface area contributed by atoms with E-state index in [1.165, 1.54) is 0 Å². The van der Waals surface area contributed by atoms with Crippen LogP contribution in [-0.2, 0) is 0 Å². The van der Waals surface area contributed by atoms with E-state index in [4.69, 9.17) is 5.26 Å². The monoisotopic (exact) mass is 231 g/mol. The van der Waals surface area contributed by atoms with Gasteiger partial charge in [-0.15, -0.1) is 0 Å². The molecule has 1 aromatic rings. The van der Waals surface area contributed by atoms with Crippen molar-refractivity contribution < 1.29 is 5.11 Å². The van der Waals surface area contributed by atoms with Crippen molar-refractivity contribution in [3.05, 3.63) is 24.0 Å². The van der Waals surface area contributed by atoms with Gasteiger partial charge in [0.25, 0.3) is 0 Å². The lowest BCUT2D eigenvalue weighted by atomic mass is 9.91. The lowest BCUT2D eigenvalue weighted by molar-refractivity contribution is 0.106. The van der Waals surface area contributed by atoms with Crippen LogP contribution in [0.5, 0.6) is 0 Å². The first kappa shape index (κ1) is 11.9. The molecule has 90 valence electrons. The molecule has 17 heavy (non-hydrogen) atoms. The summed E-state index contributed by atoms with van der Waals surface area (Å²) in [6.45, 7) is 0. The fourth-order valence-electron chi connectivity index (χ4n) is 2.48. The Kier molecular flexibility index (Phi) is 3.60. The highest BCUT2D eigenvalue weighted by molar-refractivity contribution is 5.57. The van der Waals surface area contributed by atoms with Crippen LogP contribution in [0.4, 0.5) is 5.69 Å². The number of nitriles is 1. The molecule has 4 heteroatoms. The van der Waals surface area contributed by atoms with Crippen molar-refractivity contribution in [3.8, 4) is 6.07 Å². The maximum atomic E-state index is 10.0. The number of hydrogen-bond acceptors (Lipinski definition) is 4. The van der Waals surface area contributed by atoms with Crippen LogP contribution in [0.25, 0.3) is 0 Å². The number of rotatable bonds is 2. The molecule has 0 saturated heterocycles. The first-order valence-electron chi connectivity index (χ1n) is 5.99. The van der Waals surface area contributed by atoms with Crippen LogP contribution < -0.4 is 4.90 Å². The second-order valence-electron chi connectivity index (χ2n) is 4.53. The molecule has 0 spiro atoms. The fourth-order valence-corrected chi connectivity index (χ4v) is 2.48. The van der Waals surface area contributed by atoms with Gasteiger partial charge >= 0.3 is 0 Å². The highest BCUT2D eigenvalue weighted by Gasteiger charge is 2.27. The molecule has 1 N–H and O–H groups in total. The van der Waals surface area contributed by atoms with Crippen LogP contribution in [0.15, 0.2) is 18.5 Å². The molecule has 0 bridgehead atoms. The third-order valence-electron chi connectivity index (χ3n) is 3.49. The van der Waals surface area contributed by atoms with Gasteiger partial charge in [-0.3, -0.25) is 4.98 Å². The van der Waals surface area contributed by atoms with Crippen LogP contribution in [0.1, 0.15) is 31.2 Å². The van der Waals surface area contributed by atoms with Crippen LogP contribution in [0.3, 0.4) is 0 Å². The summed E-state index contributed by atoms with van der Waals surface area (Å²) in [6.07, 6.45) is 7.04. The van der Waals surface area contributed by atoms with Crippen molar-refractivity contribution in [2.24, 2.45) is 0 Å². The summed E-state index contributed by atoms with van der Waals surface area (Å²) >= 11 is 0. The van der Waals surface area contributed by atoms with Crippen LogP contribution in [-0.4, -0.2) is 29.3 Å². The zero-order valence-electron chi connectivity index (χ0n) is 10.0. The highest BCUT2D eigenvalue weighted by atomic mass is 16.3. The number of aliphatic hydroxyl groups excluding tert-OH is 1. The Morgan fingerprint density at radius 3 is 2.94 bits per heavy atom. The Balaban J connectivity index is 2.24. The van der Waals surface area contributed by atoms with Gasteiger partial charge in [-0.2, -0.15) is 5.26 Å². The summed E-state index contributed by atoms with van der Waals surface area (Å²) in [5.74, 6) is 0. The van der Waals surface area contributed by atoms with E-state index >= 15 is 0 Å². The normalized spacial score (nSPS) is 24.1. The van der Waals surface area contributed by atoms with Gasteiger partial charge in [-0.1, -0.05) is 12.8 Å². The molecule has 1 aliphatic carbocycles. The molecule has 4 nitrogen and oxygen atoms in total. The summed E-state index contributed by atoms with van der Waals surface area (Å²) < 4.78 is 0. The Morgan fingerprint density at radius 2 is 2.24 bits per heavy atom. The average Bonchev–Trinajstić information content (AvgIpc) is 2.38. The Hall–Kier alpha value is -1.60. The molecule has 0 aliphatic heterocycles. The van der Waals surface area contributed by atoms with E-state index < -0.39 is 0 Å². The molecule has 1 saturated carbocycles. The van der Waals surface area contributed by atoms with Gasteiger partial charge in [-0.05, 0) is 18.9 Å². The SMILES string of the molecule is CN(c1cnccc1C#N)C1CCCCC1O. The maximum Gasteiger partial charge on any atom is 0.101 e. The third kappa shape index (κ3) is 2.40. The third-order valence-corrected chi connectivity index (χ3v) is 3.49. The van der Waals surface area contributed by atoms with Crippen molar-refractivity contribution in [1.29, 1.82) is 5.26 Å². The van der Waals surface area contributed by atoms with Crippen LogP contribution in [0, 0.1) is 11.3 Å². The summed E-state index contributed by atoms with van der Waals surface area (Å²) in [5.41, 5.74) is 1.42. The van der Waals surface area contributed by atoms with Gasteiger partial charge in [0.05, 0.1) is 29.6 Å². The van der Waals surface area contributed by atoms with Gasteiger partial charge in [0.2, 0.25) is 0 Å². The molecule has 2 unspecified atom stereocenters. The lowest BCUT2D eigenvalue weighted by Gasteiger charge is -2.36. The number of aliphatic hydroxyl groups is 1. The van der Waals surface area contributed by atoms with E-state index in [0.29, 0.717) is 5.56 Å². The van der Waals surface area contributed by atoms with Gasteiger partial charge < -0.3 is 10.0 Å². The number of likely N-dealkylation sites (N-methyl/N-ethyl adjacent to an activating group) is 1. The zero-order chi connectivity index (χ0) is 12.3. The number of aromatic nitrogens is 1. The molecule has 0 aromatic carbocycles. The number of anilines is 1. The number of pyridine rings is 1. The minimum Gasteiger partial charge on any atom is -0.391 e. The fraction of sp³-hybridized carbons (Fsp3) is 0.538. The van der Waals surface area contributed by atoms with E-state index in [2.05, 4.69) is 11.1 Å². The largest absolute Gasteiger partial charge is 0.391 e. The first-order valence-corrected chi connectivity index (χ1v) is 5.99. The minimum absolute atomic E-state index is 0.0973. The van der Waals surface area contributed by atoms with Crippen molar-refractivity contribution in [1.82, 2.24) is 4.98 Å². The van der Waals surface area contributed by atoms with Gasteiger partial charge in [0.1, 0.15) is 6.07 Å². The second-order valence-corrected chi connectivity index (χ2v) is 4.53. The van der Waals surface area contributed by atoms with Gasteiger partial charge in [0.15, 0.2) is 0 Å². The molecule has 2 rings (SSSR count). The molecular weight excluding hydrogens is 214 g/mol. The second kappa shape index (κ2) is 5.15. The van der Waals surface area contributed by atoms with E-state index in [1.807, 2.05) is 11.9 Å². The Bertz CT molecular complexity index is 427. The van der Waals surface area contributed by atoms with Gasteiger partial charge in [-0.25, -0.2) is 0 Å².